The molecule has 0 saturated carbocycles. The molecule has 0 spiro atoms. The van der Waals surface area contributed by atoms with Crippen molar-refractivity contribution in [2.75, 3.05) is 0 Å². The van der Waals surface area contributed by atoms with Crippen LogP contribution in [0.3, 0.4) is 0 Å². The number of rotatable bonds is 2. The molecule has 1 saturated heterocycles. The summed E-state index contributed by atoms with van der Waals surface area (Å²) in [5.41, 5.74) is 3.42. The van der Waals surface area contributed by atoms with Crippen LogP contribution in [0.5, 0.6) is 0 Å². The molecule has 2 aliphatic rings. The van der Waals surface area contributed by atoms with Crippen LogP contribution < -0.4 is 0 Å². The first-order chi connectivity index (χ1) is 10.3. The fourth-order valence-electron chi connectivity index (χ4n) is 3.33. The van der Waals surface area contributed by atoms with Gasteiger partial charge in [-0.1, -0.05) is 36.8 Å². The van der Waals surface area contributed by atoms with Gasteiger partial charge in [0.1, 0.15) is 0 Å². The summed E-state index contributed by atoms with van der Waals surface area (Å²) in [5.74, 6) is 0.614. The first-order valence-corrected chi connectivity index (χ1v) is 8.54. The lowest BCUT2D eigenvalue weighted by atomic mass is 9.90. The van der Waals surface area contributed by atoms with Gasteiger partial charge in [-0.3, -0.25) is 4.21 Å². The molecule has 1 fully saturated rings. The third kappa shape index (κ3) is 2.23. The molecule has 21 heavy (non-hydrogen) atoms. The summed E-state index contributed by atoms with van der Waals surface area (Å²) in [7, 11) is -0.700. The minimum Gasteiger partial charge on any atom is -0.259 e. The zero-order valence-electron chi connectivity index (χ0n) is 11.5. The van der Waals surface area contributed by atoms with Crippen LogP contribution >= 0.6 is 0 Å². The molecular weight excluding hydrogens is 284 g/mol. The number of nitrogens with one attached hydrogen (secondary N) is 1. The maximum absolute atomic E-state index is 12.3. The van der Waals surface area contributed by atoms with Gasteiger partial charge in [0, 0.05) is 21.6 Å². The van der Waals surface area contributed by atoms with Crippen molar-refractivity contribution in [3.63, 3.8) is 0 Å². The van der Waals surface area contributed by atoms with E-state index in [-0.39, 0.29) is 5.25 Å². The largest absolute Gasteiger partial charge is 0.259 e. The number of tetrazole rings is 1. The molecular formula is C15H16N4OS. The highest BCUT2D eigenvalue weighted by Gasteiger charge is 2.34. The van der Waals surface area contributed by atoms with E-state index >= 15 is 0 Å². The Labute approximate surface area is 125 Å². The highest BCUT2D eigenvalue weighted by Crippen LogP contribution is 2.39. The Bertz CT molecular complexity index is 710. The maximum atomic E-state index is 12.3. The molecule has 3 atom stereocenters. The highest BCUT2D eigenvalue weighted by molar-refractivity contribution is 7.86. The van der Waals surface area contributed by atoms with Gasteiger partial charge in [0.2, 0.25) is 5.82 Å². The summed E-state index contributed by atoms with van der Waals surface area (Å²) in [5, 5.41) is 14.9. The Morgan fingerprint density at radius 3 is 2.81 bits per heavy atom. The second-order valence-corrected chi connectivity index (χ2v) is 7.53. The van der Waals surface area contributed by atoms with Gasteiger partial charge in [-0.15, -0.1) is 10.2 Å². The van der Waals surface area contributed by atoms with Crippen molar-refractivity contribution in [1.82, 2.24) is 20.6 Å². The van der Waals surface area contributed by atoms with Crippen LogP contribution in [0.1, 0.15) is 31.2 Å². The van der Waals surface area contributed by atoms with Crippen molar-refractivity contribution >= 4 is 16.4 Å². The zero-order valence-corrected chi connectivity index (χ0v) is 12.3. The summed E-state index contributed by atoms with van der Waals surface area (Å²) >= 11 is 0. The first kappa shape index (κ1) is 12.9. The van der Waals surface area contributed by atoms with E-state index in [1.165, 1.54) is 12.0 Å². The minimum absolute atomic E-state index is 0.214. The quantitative estimate of drug-likeness (QED) is 0.924. The van der Waals surface area contributed by atoms with E-state index in [0.717, 1.165) is 30.4 Å². The van der Waals surface area contributed by atoms with Crippen LogP contribution in [0, 0.1) is 0 Å². The molecule has 3 unspecified atom stereocenters. The van der Waals surface area contributed by atoms with Crippen molar-refractivity contribution in [1.29, 1.82) is 0 Å². The molecule has 1 N–H and O–H groups in total. The van der Waals surface area contributed by atoms with Gasteiger partial charge in [-0.25, -0.2) is 0 Å². The van der Waals surface area contributed by atoms with Crippen LogP contribution in [-0.4, -0.2) is 35.3 Å². The molecule has 5 nitrogen and oxygen atoms in total. The Morgan fingerprint density at radius 2 is 2.05 bits per heavy atom. The number of aromatic amines is 1. The number of allylic oxidation sites excluding steroid dienone is 1. The van der Waals surface area contributed by atoms with E-state index in [0.29, 0.717) is 11.1 Å². The van der Waals surface area contributed by atoms with Gasteiger partial charge in [0.15, 0.2) is 0 Å². The molecule has 1 aromatic carbocycles. The molecule has 1 aromatic heterocycles. The van der Waals surface area contributed by atoms with Gasteiger partial charge < -0.3 is 0 Å². The number of nitrogens with zero attached hydrogens (tertiary/aromatic N) is 3. The normalized spacial score (nSPS) is 28.2. The lowest BCUT2D eigenvalue weighted by molar-refractivity contribution is 0.579. The topological polar surface area (TPSA) is 71.5 Å². The Morgan fingerprint density at radius 1 is 1.19 bits per heavy atom. The van der Waals surface area contributed by atoms with Crippen molar-refractivity contribution in [3.8, 4) is 11.4 Å². The first-order valence-electron chi connectivity index (χ1n) is 7.26. The molecule has 0 aliphatic carbocycles. The van der Waals surface area contributed by atoms with Gasteiger partial charge >= 0.3 is 0 Å². The predicted octanol–water partition coefficient (Wildman–Crippen LogP) is 2.32. The molecule has 6 heteroatoms. The number of benzene rings is 1. The molecule has 4 rings (SSSR count). The number of aromatic nitrogens is 4. The Kier molecular flexibility index (Phi) is 3.18. The summed E-state index contributed by atoms with van der Waals surface area (Å²) in [6.07, 6.45) is 6.40. The molecule has 0 radical (unpaired) electrons. The van der Waals surface area contributed by atoms with Crippen LogP contribution in [-0.2, 0) is 10.8 Å². The second kappa shape index (κ2) is 5.18. The lowest BCUT2D eigenvalue weighted by Crippen LogP contribution is -2.33. The lowest BCUT2D eigenvalue weighted by Gasteiger charge is -2.33. The zero-order chi connectivity index (χ0) is 14.2. The molecule has 108 valence electrons. The van der Waals surface area contributed by atoms with Crippen LogP contribution in [0.4, 0.5) is 0 Å². The number of hydrogen-bond acceptors (Lipinski definition) is 4. The summed E-state index contributed by atoms with van der Waals surface area (Å²) in [6.45, 7) is 0. The molecule has 2 aliphatic heterocycles. The maximum Gasteiger partial charge on any atom is 0.205 e. The van der Waals surface area contributed by atoms with Gasteiger partial charge in [-0.05, 0) is 35.6 Å². The minimum atomic E-state index is -0.700. The fraction of sp³-hybridized carbons (Fsp3) is 0.400. The summed E-state index contributed by atoms with van der Waals surface area (Å²) in [6, 6.07) is 8.13. The average molecular weight is 300 g/mol. The number of hydrogen-bond donors (Lipinski definition) is 1. The third-order valence-electron chi connectivity index (χ3n) is 4.34. The monoisotopic (exact) mass is 300 g/mol. The van der Waals surface area contributed by atoms with Crippen LogP contribution in [0.25, 0.3) is 17.0 Å². The molecule has 3 heterocycles. The Balaban J connectivity index is 1.79. The standard InChI is InChI=1S/C15H16N4OS/c20-21-11-4-3-5-12(21)9-10(8-11)13-6-1-2-7-14(13)15-16-18-19-17-15/h1-2,6-8,11-12H,3-5,9H2,(H,16,17,18,19). The fourth-order valence-corrected chi connectivity index (χ4v) is 5.27. The van der Waals surface area contributed by atoms with Crippen LogP contribution in [0.2, 0.25) is 0 Å². The highest BCUT2D eigenvalue weighted by atomic mass is 32.2. The molecule has 0 amide bonds. The van der Waals surface area contributed by atoms with Crippen molar-refractivity contribution in [2.24, 2.45) is 0 Å². The van der Waals surface area contributed by atoms with Crippen LogP contribution in [0.15, 0.2) is 30.3 Å². The average Bonchev–Trinajstić information content (AvgIpc) is 3.01. The van der Waals surface area contributed by atoms with Crippen molar-refractivity contribution in [3.05, 3.63) is 35.9 Å². The predicted molar refractivity (Wildman–Crippen MR) is 81.8 cm³/mol. The van der Waals surface area contributed by atoms with E-state index < -0.39 is 10.8 Å². The van der Waals surface area contributed by atoms with Gasteiger partial charge in [0.05, 0.1) is 5.25 Å². The third-order valence-corrected chi connectivity index (χ3v) is 6.36. The molecule has 2 bridgehead atoms. The van der Waals surface area contributed by atoms with E-state index in [1.54, 1.807) is 0 Å². The van der Waals surface area contributed by atoms with Crippen molar-refractivity contribution in [2.45, 2.75) is 36.2 Å². The van der Waals surface area contributed by atoms with Gasteiger partial charge in [-0.2, -0.15) is 5.21 Å². The smallest absolute Gasteiger partial charge is 0.205 e. The van der Waals surface area contributed by atoms with E-state index in [4.69, 9.17) is 0 Å². The summed E-state index contributed by atoms with van der Waals surface area (Å²) < 4.78 is 12.3. The van der Waals surface area contributed by atoms with Gasteiger partial charge in [0.25, 0.3) is 0 Å². The number of fused-ring (bicyclic) bond motifs is 2. The van der Waals surface area contributed by atoms with E-state index in [1.807, 2.05) is 18.2 Å². The van der Waals surface area contributed by atoms with E-state index in [2.05, 4.69) is 32.8 Å². The van der Waals surface area contributed by atoms with Crippen molar-refractivity contribution < 1.29 is 4.21 Å². The Hall–Kier alpha value is -1.82. The molecule has 2 aromatic rings. The second-order valence-electron chi connectivity index (χ2n) is 5.60. The SMILES string of the molecule is O=S1C2C=C(c3ccccc3-c3nn[nH]n3)CC1CCC2. The van der Waals surface area contributed by atoms with E-state index in [9.17, 15) is 4.21 Å². The number of H-pyrrole nitrogens is 1. The summed E-state index contributed by atoms with van der Waals surface area (Å²) in [4.78, 5) is 0.